The first kappa shape index (κ1) is 21.6. The number of aliphatic hydroxyl groups is 1. The van der Waals surface area contributed by atoms with Gasteiger partial charge in [0, 0.05) is 15.9 Å². The third kappa shape index (κ3) is 4.13. The van der Waals surface area contributed by atoms with E-state index in [0.29, 0.717) is 21.2 Å². The minimum absolute atomic E-state index is 0.0992. The van der Waals surface area contributed by atoms with E-state index in [0.717, 1.165) is 5.39 Å². The van der Waals surface area contributed by atoms with Crippen molar-refractivity contribution in [3.8, 4) is 0 Å². The van der Waals surface area contributed by atoms with Gasteiger partial charge in [-0.2, -0.15) is 10.2 Å². The molecule has 0 spiro atoms. The monoisotopic (exact) mass is 487 g/mol. The van der Waals surface area contributed by atoms with E-state index in [4.69, 9.17) is 0 Å². The second-order valence-corrected chi connectivity index (χ2v) is 9.06. The molecule has 4 rings (SSSR count). The van der Waals surface area contributed by atoms with Crippen LogP contribution in [0, 0.1) is 5.82 Å². The average molecular weight is 488 g/mol. The Morgan fingerprint density at radius 2 is 2.00 bits per heavy atom. The third-order valence-electron chi connectivity index (χ3n) is 5.85. The Morgan fingerprint density at radius 3 is 2.68 bits per heavy atom. The molecule has 162 valence electrons. The number of halogens is 2. The zero-order valence-corrected chi connectivity index (χ0v) is 19.0. The largest absolute Gasteiger partial charge is 0.385 e. The third-order valence-corrected chi connectivity index (χ3v) is 6.35. The summed E-state index contributed by atoms with van der Waals surface area (Å²) in [6.07, 6.45) is 1.55. The van der Waals surface area contributed by atoms with Gasteiger partial charge in [0.2, 0.25) is 0 Å². The van der Waals surface area contributed by atoms with Crippen molar-refractivity contribution in [2.24, 2.45) is 0 Å². The highest BCUT2D eigenvalue weighted by Crippen LogP contribution is 2.33. The molecule has 1 unspecified atom stereocenters. The fraction of sp³-hybridized carbons (Fsp3) is 0.318. The summed E-state index contributed by atoms with van der Waals surface area (Å²) in [4.78, 5) is 16.9. The normalized spacial score (nSPS) is 16.3. The van der Waals surface area contributed by atoms with Crippen LogP contribution in [0.3, 0.4) is 0 Å². The molecule has 3 aromatic rings. The van der Waals surface area contributed by atoms with E-state index >= 15 is 0 Å². The van der Waals surface area contributed by atoms with Crippen LogP contribution in [0.25, 0.3) is 10.9 Å². The number of likely N-dealkylation sites (N-methyl/N-ethyl adjacent to an activating group) is 1. The number of amides is 1. The zero-order valence-electron chi connectivity index (χ0n) is 17.4. The van der Waals surface area contributed by atoms with E-state index in [2.05, 4.69) is 31.4 Å². The van der Waals surface area contributed by atoms with Crippen LogP contribution in [-0.2, 0) is 0 Å². The van der Waals surface area contributed by atoms with Gasteiger partial charge in [-0.05, 0) is 57.4 Å². The van der Waals surface area contributed by atoms with Crippen molar-refractivity contribution in [1.29, 1.82) is 0 Å². The highest BCUT2D eigenvalue weighted by Gasteiger charge is 2.48. The molecule has 7 nitrogen and oxygen atoms in total. The Balaban J connectivity index is 1.68. The second kappa shape index (κ2) is 8.14. The van der Waals surface area contributed by atoms with Gasteiger partial charge in [0.1, 0.15) is 11.4 Å². The number of rotatable bonds is 5. The summed E-state index contributed by atoms with van der Waals surface area (Å²) in [5, 5.41) is 22.6. The number of nitrogens with zero attached hydrogens (tertiary/aromatic N) is 4. The van der Waals surface area contributed by atoms with Crippen molar-refractivity contribution in [1.82, 2.24) is 20.0 Å². The number of carbonyl (C=O) groups excluding carboxylic acids is 1. The van der Waals surface area contributed by atoms with Crippen molar-refractivity contribution in [2.75, 3.05) is 32.5 Å². The number of likely N-dealkylation sites (tertiary alicyclic amines) is 1. The number of hydrogen-bond acceptors (Lipinski definition) is 6. The molecule has 2 aromatic carbocycles. The van der Waals surface area contributed by atoms with Crippen LogP contribution in [0.15, 0.2) is 47.1 Å². The van der Waals surface area contributed by atoms with Crippen LogP contribution in [-0.4, -0.2) is 69.8 Å². The lowest BCUT2D eigenvalue weighted by atomic mass is 9.85. The summed E-state index contributed by atoms with van der Waals surface area (Å²) in [7, 11) is 3.79. The highest BCUT2D eigenvalue weighted by atomic mass is 79.9. The molecule has 1 atom stereocenters. The average Bonchev–Trinajstić information content (AvgIpc) is 2.71. The van der Waals surface area contributed by atoms with Gasteiger partial charge in [0.05, 0.1) is 41.7 Å². The number of fused-ring (bicyclic) bond motifs is 1. The molecule has 1 saturated heterocycles. The summed E-state index contributed by atoms with van der Waals surface area (Å²) in [6.45, 7) is 2.38. The first-order valence-electron chi connectivity index (χ1n) is 9.83. The van der Waals surface area contributed by atoms with E-state index in [1.54, 1.807) is 41.4 Å². The van der Waals surface area contributed by atoms with E-state index in [1.807, 2.05) is 25.9 Å². The van der Waals surface area contributed by atoms with E-state index < -0.39 is 11.4 Å². The van der Waals surface area contributed by atoms with Crippen LogP contribution in [0.1, 0.15) is 17.3 Å². The number of aromatic nitrogens is 2. The summed E-state index contributed by atoms with van der Waals surface area (Å²) in [5.41, 5.74) is 0.660. The minimum Gasteiger partial charge on any atom is -0.385 e. The fourth-order valence-electron chi connectivity index (χ4n) is 3.72. The molecule has 1 aliphatic rings. The molecule has 0 radical (unpaired) electrons. The predicted molar refractivity (Wildman–Crippen MR) is 121 cm³/mol. The first-order valence-corrected chi connectivity index (χ1v) is 10.6. The molecule has 0 aliphatic carbocycles. The van der Waals surface area contributed by atoms with Crippen LogP contribution >= 0.6 is 15.9 Å². The molecule has 9 heteroatoms. The van der Waals surface area contributed by atoms with E-state index in [9.17, 15) is 14.3 Å². The second-order valence-electron chi connectivity index (χ2n) is 8.14. The molecule has 1 aliphatic heterocycles. The molecule has 2 heterocycles. The number of carbonyl (C=O) groups is 1. The van der Waals surface area contributed by atoms with Gasteiger partial charge >= 0.3 is 0 Å². The van der Waals surface area contributed by atoms with Gasteiger partial charge in [0.15, 0.2) is 0 Å². The lowest BCUT2D eigenvalue weighted by Gasteiger charge is -2.51. The summed E-state index contributed by atoms with van der Waals surface area (Å²) in [5.74, 6) is -0.695. The standard InChI is InChI=1S/C22H23BrFN5O2/c1-13(28(2)3)22(31)11-29(12-22)21(30)16-8-14-6-7-25-27-19(14)10-20(16)26-18-5-4-15(23)9-17(18)24/h4-10,13,26,31H,11-12H2,1-3H3. The Bertz CT molecular complexity index is 1150. The van der Waals surface area contributed by atoms with Gasteiger partial charge in [-0.1, -0.05) is 15.9 Å². The lowest BCUT2D eigenvalue weighted by Crippen LogP contribution is -2.70. The van der Waals surface area contributed by atoms with Crippen molar-refractivity contribution < 1.29 is 14.3 Å². The maximum Gasteiger partial charge on any atom is 0.256 e. The SMILES string of the molecule is CC(N(C)C)C1(O)CN(C(=O)c2cc3ccnnc3cc2Nc2ccc(Br)cc2F)C1. The number of nitrogens with one attached hydrogen (secondary N) is 1. The van der Waals surface area contributed by atoms with Crippen molar-refractivity contribution in [3.63, 3.8) is 0 Å². The van der Waals surface area contributed by atoms with Crippen LogP contribution < -0.4 is 5.32 Å². The topological polar surface area (TPSA) is 81.6 Å². The van der Waals surface area contributed by atoms with E-state index in [-0.39, 0.29) is 30.7 Å². The Hall–Kier alpha value is -2.62. The number of anilines is 2. The van der Waals surface area contributed by atoms with Gasteiger partial charge < -0.3 is 20.2 Å². The zero-order chi connectivity index (χ0) is 22.3. The van der Waals surface area contributed by atoms with Crippen LogP contribution in [0.5, 0.6) is 0 Å². The van der Waals surface area contributed by atoms with Gasteiger partial charge in [-0.15, -0.1) is 0 Å². The maximum absolute atomic E-state index is 14.4. The molecule has 2 N–H and O–H groups in total. The van der Waals surface area contributed by atoms with E-state index in [1.165, 1.54) is 6.07 Å². The number of benzene rings is 2. The Labute approximate surface area is 188 Å². The summed E-state index contributed by atoms with van der Waals surface area (Å²) >= 11 is 3.25. The van der Waals surface area contributed by atoms with Gasteiger partial charge in [0.25, 0.3) is 5.91 Å². The smallest absolute Gasteiger partial charge is 0.256 e. The molecule has 0 bridgehead atoms. The first-order chi connectivity index (χ1) is 14.7. The number of β-amino-alcohol motifs (C(OH)–C–C–N with tert-alkyl or cyclic N) is 1. The molecule has 31 heavy (non-hydrogen) atoms. The van der Waals surface area contributed by atoms with Crippen LogP contribution in [0.2, 0.25) is 0 Å². The molecular weight excluding hydrogens is 465 g/mol. The minimum atomic E-state index is -0.965. The summed E-state index contributed by atoms with van der Waals surface area (Å²) < 4.78 is 15.0. The quantitative estimate of drug-likeness (QED) is 0.573. The summed E-state index contributed by atoms with van der Waals surface area (Å²) in [6, 6.07) is 9.73. The highest BCUT2D eigenvalue weighted by molar-refractivity contribution is 9.10. The molecule has 0 saturated carbocycles. The molecule has 1 fully saturated rings. The van der Waals surface area contributed by atoms with Crippen molar-refractivity contribution in [2.45, 2.75) is 18.6 Å². The molecule has 1 amide bonds. The lowest BCUT2D eigenvalue weighted by molar-refractivity contribution is -0.120. The van der Waals surface area contributed by atoms with Gasteiger partial charge in [-0.25, -0.2) is 4.39 Å². The maximum atomic E-state index is 14.4. The Kier molecular flexibility index (Phi) is 5.67. The van der Waals surface area contributed by atoms with Crippen molar-refractivity contribution in [3.05, 3.63) is 58.4 Å². The van der Waals surface area contributed by atoms with Crippen molar-refractivity contribution >= 4 is 44.1 Å². The fourth-order valence-corrected chi connectivity index (χ4v) is 4.06. The molecule has 1 aromatic heterocycles. The Morgan fingerprint density at radius 1 is 1.26 bits per heavy atom. The molecular formula is C22H23BrFN5O2. The predicted octanol–water partition coefficient (Wildman–Crippen LogP) is 3.41. The van der Waals surface area contributed by atoms with Crippen LogP contribution in [0.4, 0.5) is 15.8 Å². The number of hydrogen-bond donors (Lipinski definition) is 2. The van der Waals surface area contributed by atoms with Gasteiger partial charge in [-0.3, -0.25) is 4.79 Å².